The molecule has 0 aromatic carbocycles. The van der Waals surface area contributed by atoms with Gasteiger partial charge in [0.15, 0.2) is 5.11 Å². The van der Waals surface area contributed by atoms with Crippen molar-refractivity contribution in [1.82, 2.24) is 15.1 Å². The highest BCUT2D eigenvalue weighted by molar-refractivity contribution is 7.80. The number of hydrogen-bond donors (Lipinski definition) is 1. The van der Waals surface area contributed by atoms with Gasteiger partial charge in [0.05, 0.1) is 0 Å². The first-order valence-electron chi connectivity index (χ1n) is 10.4. The molecule has 1 rings (SSSR count). The Morgan fingerprint density at radius 3 is 1.84 bits per heavy atom. The maximum Gasteiger partial charge on any atom is 0.226 e. The van der Waals surface area contributed by atoms with Crippen molar-refractivity contribution in [2.24, 2.45) is 0 Å². The molecule has 1 saturated heterocycles. The molecule has 0 aromatic rings. The van der Waals surface area contributed by atoms with E-state index >= 15 is 0 Å². The van der Waals surface area contributed by atoms with Crippen LogP contribution in [0.5, 0.6) is 0 Å². The quantitative estimate of drug-likeness (QED) is 0.410. The van der Waals surface area contributed by atoms with Crippen LogP contribution in [0.2, 0.25) is 0 Å². The standard InChI is InChI=1S/C20H39N3OS/c1-3-4-5-6-7-8-9-10-11-12-13-14-19(24)21-20(25)23-17-15-22(2)16-18-23/h3-18H2,1-2H3,(H,21,24,25). The fourth-order valence-corrected chi connectivity index (χ4v) is 3.52. The summed E-state index contributed by atoms with van der Waals surface area (Å²) in [4.78, 5) is 16.4. The molecule has 4 nitrogen and oxygen atoms in total. The number of hydrogen-bond acceptors (Lipinski definition) is 3. The number of carbonyl (C=O) groups is 1. The molecule has 1 N–H and O–H groups in total. The van der Waals surface area contributed by atoms with Crippen LogP contribution in [0.15, 0.2) is 0 Å². The molecule has 1 heterocycles. The molecule has 146 valence electrons. The summed E-state index contributed by atoms with van der Waals surface area (Å²) in [7, 11) is 2.12. The average molecular weight is 370 g/mol. The van der Waals surface area contributed by atoms with Gasteiger partial charge in [-0.3, -0.25) is 4.79 Å². The van der Waals surface area contributed by atoms with Crippen molar-refractivity contribution in [2.45, 2.75) is 84.0 Å². The first kappa shape index (κ1) is 22.4. The maximum absolute atomic E-state index is 12.0. The molecule has 0 aromatic heterocycles. The summed E-state index contributed by atoms with van der Waals surface area (Å²) in [6.45, 7) is 6.10. The zero-order chi connectivity index (χ0) is 18.3. The molecular formula is C20H39N3OS. The van der Waals surface area contributed by atoms with Crippen molar-refractivity contribution >= 4 is 23.2 Å². The molecule has 0 unspecified atom stereocenters. The van der Waals surface area contributed by atoms with Gasteiger partial charge in [-0.15, -0.1) is 0 Å². The van der Waals surface area contributed by atoms with Gasteiger partial charge < -0.3 is 15.1 Å². The predicted octanol–water partition coefficient (Wildman–Crippen LogP) is 4.34. The maximum atomic E-state index is 12.0. The van der Waals surface area contributed by atoms with Crippen LogP contribution in [0.4, 0.5) is 0 Å². The minimum atomic E-state index is 0.0832. The van der Waals surface area contributed by atoms with Gasteiger partial charge in [-0.2, -0.15) is 0 Å². The van der Waals surface area contributed by atoms with Crippen molar-refractivity contribution in [3.8, 4) is 0 Å². The number of likely N-dealkylation sites (N-methyl/N-ethyl adjacent to an activating group) is 1. The summed E-state index contributed by atoms with van der Waals surface area (Å²) in [6.07, 6.45) is 15.0. The van der Waals surface area contributed by atoms with E-state index in [0.29, 0.717) is 11.5 Å². The van der Waals surface area contributed by atoms with Crippen LogP contribution in [0.1, 0.15) is 84.0 Å². The van der Waals surface area contributed by atoms with E-state index in [0.717, 1.165) is 39.0 Å². The van der Waals surface area contributed by atoms with Crippen molar-refractivity contribution in [1.29, 1.82) is 0 Å². The molecule has 0 radical (unpaired) electrons. The van der Waals surface area contributed by atoms with Gasteiger partial charge in [0.1, 0.15) is 0 Å². The molecule has 1 aliphatic rings. The molecule has 0 bridgehead atoms. The molecule has 0 aliphatic carbocycles. The number of amides is 1. The van der Waals surface area contributed by atoms with E-state index in [9.17, 15) is 4.79 Å². The van der Waals surface area contributed by atoms with Gasteiger partial charge in [-0.05, 0) is 25.7 Å². The number of rotatable bonds is 12. The molecule has 1 amide bonds. The van der Waals surface area contributed by atoms with Crippen molar-refractivity contribution < 1.29 is 4.79 Å². The third-order valence-corrected chi connectivity index (χ3v) is 5.40. The highest BCUT2D eigenvalue weighted by Crippen LogP contribution is 2.12. The Morgan fingerprint density at radius 1 is 0.840 bits per heavy atom. The highest BCUT2D eigenvalue weighted by atomic mass is 32.1. The summed E-state index contributed by atoms with van der Waals surface area (Å²) in [5.74, 6) is 0.0832. The number of unbranched alkanes of at least 4 members (excludes halogenated alkanes) is 10. The van der Waals surface area contributed by atoms with Gasteiger partial charge in [0.2, 0.25) is 5.91 Å². The summed E-state index contributed by atoms with van der Waals surface area (Å²) in [5.41, 5.74) is 0. The SMILES string of the molecule is CCCCCCCCCCCCCC(=O)NC(=S)N1CCN(C)CC1. The monoisotopic (exact) mass is 369 g/mol. The van der Waals surface area contributed by atoms with E-state index < -0.39 is 0 Å². The number of piperazine rings is 1. The first-order chi connectivity index (χ1) is 12.1. The Kier molecular flexibility index (Phi) is 13.0. The van der Waals surface area contributed by atoms with Crippen molar-refractivity contribution in [3.05, 3.63) is 0 Å². The Labute approximate surface area is 160 Å². The minimum absolute atomic E-state index is 0.0832. The fourth-order valence-electron chi connectivity index (χ4n) is 3.22. The normalized spacial score (nSPS) is 15.4. The van der Waals surface area contributed by atoms with Crippen LogP contribution in [-0.2, 0) is 4.79 Å². The number of nitrogens with zero attached hydrogens (tertiary/aromatic N) is 2. The lowest BCUT2D eigenvalue weighted by Gasteiger charge is -2.33. The fraction of sp³-hybridized carbons (Fsp3) is 0.900. The first-order valence-corrected chi connectivity index (χ1v) is 10.8. The molecular weight excluding hydrogens is 330 g/mol. The van der Waals surface area contributed by atoms with Crippen LogP contribution in [0.3, 0.4) is 0 Å². The van der Waals surface area contributed by atoms with Crippen LogP contribution in [0.25, 0.3) is 0 Å². The van der Waals surface area contributed by atoms with Crippen molar-refractivity contribution in [3.63, 3.8) is 0 Å². The summed E-state index contributed by atoms with van der Waals surface area (Å²) in [6, 6.07) is 0. The second-order valence-corrected chi connectivity index (χ2v) is 7.82. The third-order valence-electron chi connectivity index (χ3n) is 5.04. The largest absolute Gasteiger partial charge is 0.346 e. The lowest BCUT2D eigenvalue weighted by Crippen LogP contribution is -2.51. The third kappa shape index (κ3) is 11.5. The van der Waals surface area contributed by atoms with Gasteiger partial charge >= 0.3 is 0 Å². The molecule has 0 spiro atoms. The van der Waals surface area contributed by atoms with Crippen molar-refractivity contribution in [2.75, 3.05) is 33.2 Å². The molecule has 0 saturated carbocycles. The number of nitrogens with one attached hydrogen (secondary N) is 1. The smallest absolute Gasteiger partial charge is 0.226 e. The predicted molar refractivity (Wildman–Crippen MR) is 111 cm³/mol. The van der Waals surface area contributed by atoms with Crippen LogP contribution < -0.4 is 5.32 Å². The van der Waals surface area contributed by atoms with Gasteiger partial charge in [0, 0.05) is 32.6 Å². The van der Waals surface area contributed by atoms with E-state index in [-0.39, 0.29) is 5.91 Å². The number of carbonyl (C=O) groups excluding carboxylic acids is 1. The molecule has 5 heteroatoms. The second kappa shape index (κ2) is 14.5. The van der Waals surface area contributed by atoms with Crippen LogP contribution in [-0.4, -0.2) is 54.0 Å². The van der Waals surface area contributed by atoms with Crippen LogP contribution in [0, 0.1) is 0 Å². The minimum Gasteiger partial charge on any atom is -0.346 e. The van der Waals surface area contributed by atoms with E-state index in [4.69, 9.17) is 12.2 Å². The summed E-state index contributed by atoms with van der Waals surface area (Å²) in [5, 5.41) is 3.51. The Hall–Kier alpha value is -0.680. The zero-order valence-electron chi connectivity index (χ0n) is 16.5. The van der Waals surface area contributed by atoms with E-state index in [1.165, 1.54) is 57.8 Å². The molecule has 25 heavy (non-hydrogen) atoms. The van der Waals surface area contributed by atoms with Crippen LogP contribution >= 0.6 is 12.2 Å². The Bertz CT molecular complexity index is 368. The Morgan fingerprint density at radius 2 is 1.32 bits per heavy atom. The van der Waals surface area contributed by atoms with Gasteiger partial charge in [-0.1, -0.05) is 71.1 Å². The molecule has 1 aliphatic heterocycles. The zero-order valence-corrected chi connectivity index (χ0v) is 17.3. The lowest BCUT2D eigenvalue weighted by molar-refractivity contribution is -0.119. The lowest BCUT2D eigenvalue weighted by atomic mass is 10.1. The summed E-state index contributed by atoms with van der Waals surface area (Å²) < 4.78 is 0. The number of thiocarbonyl (C=S) groups is 1. The molecule has 1 fully saturated rings. The topological polar surface area (TPSA) is 35.6 Å². The second-order valence-electron chi connectivity index (χ2n) is 7.43. The summed E-state index contributed by atoms with van der Waals surface area (Å²) >= 11 is 5.35. The molecule has 0 atom stereocenters. The average Bonchev–Trinajstić information content (AvgIpc) is 2.60. The highest BCUT2D eigenvalue weighted by Gasteiger charge is 2.17. The van der Waals surface area contributed by atoms with E-state index in [1.54, 1.807) is 0 Å². The Balaban J connectivity index is 1.91. The van der Waals surface area contributed by atoms with E-state index in [1.807, 2.05) is 0 Å². The van der Waals surface area contributed by atoms with E-state index in [2.05, 4.69) is 29.1 Å². The van der Waals surface area contributed by atoms with Gasteiger partial charge in [-0.25, -0.2) is 0 Å². The van der Waals surface area contributed by atoms with Gasteiger partial charge in [0.25, 0.3) is 0 Å².